The van der Waals surface area contributed by atoms with Crippen LogP contribution in [-0.4, -0.2) is 64.1 Å². The van der Waals surface area contributed by atoms with Crippen LogP contribution in [0.2, 0.25) is 0 Å². The van der Waals surface area contributed by atoms with E-state index in [4.69, 9.17) is 9.47 Å². The third-order valence-electron chi connectivity index (χ3n) is 5.12. The molecule has 32 heavy (non-hydrogen) atoms. The molecule has 2 aromatic carbocycles. The Kier molecular flexibility index (Phi) is 8.38. The molecule has 0 unspecified atom stereocenters. The highest BCUT2D eigenvalue weighted by Crippen LogP contribution is 2.18. The summed E-state index contributed by atoms with van der Waals surface area (Å²) in [4.78, 5) is 24.2. The minimum Gasteiger partial charge on any atom is -0.460 e. The molecule has 1 aliphatic heterocycles. The van der Waals surface area contributed by atoms with Crippen LogP contribution in [0.1, 0.15) is 27.9 Å². The monoisotopic (exact) mass is 460 g/mol. The Labute approximate surface area is 188 Å². The van der Waals surface area contributed by atoms with Gasteiger partial charge in [-0.2, -0.15) is 4.31 Å². The maximum Gasteiger partial charge on any atom is 0.338 e. The lowest BCUT2D eigenvalue weighted by atomic mass is 10.1. The van der Waals surface area contributed by atoms with Crippen molar-refractivity contribution < 1.29 is 27.5 Å². The molecule has 0 radical (unpaired) electrons. The van der Waals surface area contributed by atoms with Crippen molar-refractivity contribution in [2.75, 3.05) is 39.5 Å². The first-order chi connectivity index (χ1) is 15.4. The van der Waals surface area contributed by atoms with Gasteiger partial charge >= 0.3 is 5.97 Å². The largest absolute Gasteiger partial charge is 0.460 e. The van der Waals surface area contributed by atoms with E-state index in [1.165, 1.54) is 34.1 Å². The van der Waals surface area contributed by atoms with Crippen LogP contribution in [0.3, 0.4) is 0 Å². The van der Waals surface area contributed by atoms with E-state index in [-0.39, 0.29) is 29.5 Å². The Balaban J connectivity index is 1.40. The van der Waals surface area contributed by atoms with Gasteiger partial charge in [-0.15, -0.1) is 0 Å². The van der Waals surface area contributed by atoms with Crippen LogP contribution in [0.15, 0.2) is 53.4 Å². The molecule has 1 saturated heterocycles. The first-order valence-corrected chi connectivity index (χ1v) is 12.0. The van der Waals surface area contributed by atoms with E-state index in [2.05, 4.69) is 5.32 Å². The Morgan fingerprint density at radius 2 is 1.69 bits per heavy atom. The summed E-state index contributed by atoms with van der Waals surface area (Å²) in [6.45, 7) is 3.61. The lowest BCUT2D eigenvalue weighted by Crippen LogP contribution is -2.40. The average molecular weight is 461 g/mol. The fraction of sp³-hybridized carbons (Fsp3) is 0.391. The van der Waals surface area contributed by atoms with Crippen LogP contribution >= 0.6 is 0 Å². The van der Waals surface area contributed by atoms with Crippen molar-refractivity contribution >= 4 is 21.9 Å². The number of nitrogens with zero attached hydrogens (tertiary/aromatic N) is 1. The number of benzene rings is 2. The molecule has 0 atom stereocenters. The summed E-state index contributed by atoms with van der Waals surface area (Å²) < 4.78 is 37.0. The van der Waals surface area contributed by atoms with Gasteiger partial charge in [0.25, 0.3) is 0 Å². The van der Waals surface area contributed by atoms with E-state index in [9.17, 15) is 18.0 Å². The van der Waals surface area contributed by atoms with Gasteiger partial charge in [-0.3, -0.25) is 4.79 Å². The Hall–Kier alpha value is -2.75. The molecule has 0 spiro atoms. The van der Waals surface area contributed by atoms with Crippen molar-refractivity contribution in [1.29, 1.82) is 0 Å². The molecule has 1 fully saturated rings. The molecule has 2 aromatic rings. The summed E-state index contributed by atoms with van der Waals surface area (Å²) in [7, 11) is -3.61. The topological polar surface area (TPSA) is 102 Å². The first-order valence-electron chi connectivity index (χ1n) is 10.5. The summed E-state index contributed by atoms with van der Waals surface area (Å²) in [6.07, 6.45) is 1.00. The molecule has 0 aliphatic carbocycles. The number of aryl methyl sites for hydroxylation is 2. The minimum atomic E-state index is -3.61. The molecule has 1 N–H and O–H groups in total. The molecular formula is C23H28N2O6S. The molecule has 3 rings (SSSR count). The molecule has 1 aliphatic rings. The summed E-state index contributed by atoms with van der Waals surface area (Å²) in [5.41, 5.74) is 2.52. The number of rotatable bonds is 9. The van der Waals surface area contributed by atoms with Crippen molar-refractivity contribution in [1.82, 2.24) is 9.62 Å². The number of morpholine rings is 1. The second kappa shape index (κ2) is 11.2. The Morgan fingerprint density at radius 3 is 2.34 bits per heavy atom. The van der Waals surface area contributed by atoms with E-state index in [1.54, 1.807) is 0 Å². The maximum atomic E-state index is 12.6. The summed E-state index contributed by atoms with van der Waals surface area (Å²) in [5, 5.41) is 2.73. The van der Waals surface area contributed by atoms with Crippen LogP contribution in [0.5, 0.6) is 0 Å². The summed E-state index contributed by atoms with van der Waals surface area (Å²) in [5.74, 6) is -0.687. The van der Waals surface area contributed by atoms with Gasteiger partial charge in [0.15, 0.2) is 0 Å². The molecule has 8 nitrogen and oxygen atoms in total. The van der Waals surface area contributed by atoms with Gasteiger partial charge in [0, 0.05) is 19.5 Å². The number of amides is 1. The number of hydrogen-bond donors (Lipinski definition) is 1. The van der Waals surface area contributed by atoms with Crippen molar-refractivity contribution in [3.05, 3.63) is 65.2 Å². The number of carbonyl (C=O) groups excluding carboxylic acids is 2. The lowest BCUT2D eigenvalue weighted by Gasteiger charge is -2.26. The number of ether oxygens (including phenoxy) is 2. The Morgan fingerprint density at radius 1 is 1.03 bits per heavy atom. The van der Waals surface area contributed by atoms with E-state index in [1.807, 2.05) is 31.2 Å². The Bertz CT molecular complexity index is 1010. The normalized spacial score (nSPS) is 14.7. The number of sulfonamides is 1. The fourth-order valence-corrected chi connectivity index (χ4v) is 4.63. The zero-order valence-electron chi connectivity index (χ0n) is 18.1. The molecule has 0 aromatic heterocycles. The quantitative estimate of drug-likeness (QED) is 0.453. The first kappa shape index (κ1) is 23.9. The van der Waals surface area contributed by atoms with E-state index < -0.39 is 16.0 Å². The van der Waals surface area contributed by atoms with Crippen molar-refractivity contribution in [3.8, 4) is 0 Å². The molecule has 9 heteroatoms. The number of hydrogen-bond acceptors (Lipinski definition) is 6. The highest BCUT2D eigenvalue weighted by Gasteiger charge is 2.26. The zero-order chi connectivity index (χ0) is 23.0. The second-order valence-electron chi connectivity index (χ2n) is 7.51. The summed E-state index contributed by atoms with van der Waals surface area (Å²) in [6, 6.07) is 13.7. The summed E-state index contributed by atoms with van der Waals surface area (Å²) >= 11 is 0. The smallest absolute Gasteiger partial charge is 0.338 e. The second-order valence-corrected chi connectivity index (χ2v) is 9.45. The van der Waals surface area contributed by atoms with Crippen molar-refractivity contribution in [2.45, 2.75) is 24.7 Å². The van der Waals surface area contributed by atoms with Crippen molar-refractivity contribution in [3.63, 3.8) is 0 Å². The molecule has 0 bridgehead atoms. The maximum absolute atomic E-state index is 12.6. The van der Waals surface area contributed by atoms with Crippen molar-refractivity contribution in [2.24, 2.45) is 0 Å². The molecule has 0 saturated carbocycles. The third-order valence-corrected chi connectivity index (χ3v) is 7.03. The van der Waals surface area contributed by atoms with Gasteiger partial charge in [-0.05, 0) is 43.2 Å². The zero-order valence-corrected chi connectivity index (χ0v) is 18.9. The SMILES string of the molecule is Cc1ccc(CCC(=O)NCCOC(=O)c2ccc(S(=O)(=O)N3CCOCC3)cc2)cc1. The number of carbonyl (C=O) groups is 2. The standard InChI is InChI=1S/C23H28N2O6S/c1-18-2-4-19(5-3-18)6-11-22(26)24-12-15-31-23(27)20-7-9-21(10-8-20)32(28,29)25-13-16-30-17-14-25/h2-5,7-10H,6,11-17H2,1H3,(H,24,26). The number of nitrogens with one attached hydrogen (secondary N) is 1. The average Bonchev–Trinajstić information content (AvgIpc) is 2.82. The molecule has 1 amide bonds. The van der Waals surface area contributed by atoms with Gasteiger partial charge in [0.1, 0.15) is 6.61 Å². The minimum absolute atomic E-state index is 0.0307. The molecule has 1 heterocycles. The van der Waals surface area contributed by atoms with E-state index in [0.29, 0.717) is 39.1 Å². The van der Waals surface area contributed by atoms with Crippen LogP contribution in [0.4, 0.5) is 0 Å². The molecular weight excluding hydrogens is 432 g/mol. The number of esters is 1. The highest BCUT2D eigenvalue weighted by molar-refractivity contribution is 7.89. The van der Waals surface area contributed by atoms with Crippen LogP contribution in [0, 0.1) is 6.92 Å². The van der Waals surface area contributed by atoms with Crippen LogP contribution < -0.4 is 5.32 Å². The predicted octanol–water partition coefficient (Wildman–Crippen LogP) is 1.92. The highest BCUT2D eigenvalue weighted by atomic mass is 32.2. The lowest BCUT2D eigenvalue weighted by molar-refractivity contribution is -0.121. The third kappa shape index (κ3) is 6.62. The van der Waals surface area contributed by atoms with Gasteiger partial charge in [0.2, 0.25) is 15.9 Å². The van der Waals surface area contributed by atoms with Crippen LogP contribution in [0.25, 0.3) is 0 Å². The fourth-order valence-electron chi connectivity index (χ4n) is 3.22. The predicted molar refractivity (Wildman–Crippen MR) is 119 cm³/mol. The van der Waals surface area contributed by atoms with E-state index in [0.717, 1.165) is 5.56 Å². The van der Waals surface area contributed by atoms with Gasteiger partial charge < -0.3 is 14.8 Å². The van der Waals surface area contributed by atoms with E-state index >= 15 is 0 Å². The van der Waals surface area contributed by atoms with Crippen LogP contribution in [-0.2, 0) is 30.7 Å². The van der Waals surface area contributed by atoms with Gasteiger partial charge in [0.05, 0.1) is 30.2 Å². The van der Waals surface area contributed by atoms with Gasteiger partial charge in [-0.1, -0.05) is 29.8 Å². The van der Waals surface area contributed by atoms with Gasteiger partial charge in [-0.25, -0.2) is 13.2 Å². The molecule has 172 valence electrons.